The van der Waals surface area contributed by atoms with E-state index in [4.69, 9.17) is 19.3 Å². The van der Waals surface area contributed by atoms with E-state index in [0.29, 0.717) is 39.5 Å². The fourth-order valence-electron chi connectivity index (χ4n) is 2.11. The van der Waals surface area contributed by atoms with Gasteiger partial charge in [-0.1, -0.05) is 0 Å². The van der Waals surface area contributed by atoms with E-state index in [1.807, 2.05) is 0 Å². The second kappa shape index (κ2) is 7.26. The van der Waals surface area contributed by atoms with Crippen LogP contribution in [0.15, 0.2) is 17.0 Å². The molecule has 2 amide bonds. The highest BCUT2D eigenvalue weighted by Gasteiger charge is 2.36. The lowest BCUT2D eigenvalue weighted by Gasteiger charge is -2.13. The molecule has 24 heavy (non-hydrogen) atoms. The minimum atomic E-state index is -1.26. The second-order valence-electron chi connectivity index (χ2n) is 4.62. The molecule has 0 spiro atoms. The van der Waals surface area contributed by atoms with E-state index in [9.17, 15) is 14.4 Å². The van der Waals surface area contributed by atoms with Gasteiger partial charge in [-0.05, 0) is 35.5 Å². The summed E-state index contributed by atoms with van der Waals surface area (Å²) in [7, 11) is 4.39. The summed E-state index contributed by atoms with van der Waals surface area (Å²) < 4.78 is 15.7. The molecule has 1 aliphatic rings. The third-order valence-corrected chi connectivity index (χ3v) is 4.06. The number of aliphatic carboxylic acids is 1. The smallest absolute Gasteiger partial charge is 0.323 e. The molecule has 0 radical (unpaired) electrons. The van der Waals surface area contributed by atoms with Crippen LogP contribution in [0.4, 0.5) is 4.79 Å². The van der Waals surface area contributed by atoms with Crippen LogP contribution in [0.25, 0.3) is 6.08 Å². The predicted molar refractivity (Wildman–Crippen MR) is 86.4 cm³/mol. The van der Waals surface area contributed by atoms with Crippen LogP contribution in [0.1, 0.15) is 5.56 Å². The summed E-state index contributed by atoms with van der Waals surface area (Å²) in [6.45, 7) is -0.669. The number of rotatable bonds is 6. The Balaban J connectivity index is 2.39. The van der Waals surface area contributed by atoms with Gasteiger partial charge in [-0.25, -0.2) is 0 Å². The summed E-state index contributed by atoms with van der Waals surface area (Å²) in [5.74, 6) is -0.718. The molecule has 8 nitrogen and oxygen atoms in total. The van der Waals surface area contributed by atoms with E-state index in [1.54, 1.807) is 12.1 Å². The Morgan fingerprint density at radius 2 is 1.75 bits per heavy atom. The number of amides is 2. The van der Waals surface area contributed by atoms with E-state index in [1.165, 1.54) is 27.4 Å². The highest BCUT2D eigenvalue weighted by atomic mass is 32.2. The Morgan fingerprint density at radius 1 is 1.17 bits per heavy atom. The summed E-state index contributed by atoms with van der Waals surface area (Å²) in [5, 5.41) is 8.13. The van der Waals surface area contributed by atoms with Gasteiger partial charge in [-0.15, -0.1) is 0 Å². The maximum atomic E-state index is 12.2. The van der Waals surface area contributed by atoms with Crippen molar-refractivity contribution in [2.45, 2.75) is 0 Å². The van der Waals surface area contributed by atoms with Crippen molar-refractivity contribution in [2.24, 2.45) is 0 Å². The Kier molecular flexibility index (Phi) is 5.35. The van der Waals surface area contributed by atoms with E-state index in [-0.39, 0.29) is 4.91 Å². The monoisotopic (exact) mass is 353 g/mol. The topological polar surface area (TPSA) is 102 Å². The largest absolute Gasteiger partial charge is 0.493 e. The maximum absolute atomic E-state index is 12.2. The number of ether oxygens (including phenoxy) is 3. The van der Waals surface area contributed by atoms with Gasteiger partial charge in [0, 0.05) is 0 Å². The summed E-state index contributed by atoms with van der Waals surface area (Å²) in [5.41, 5.74) is 0.547. The molecule has 0 aromatic heterocycles. The Labute approximate surface area is 142 Å². The molecule has 1 aromatic rings. The van der Waals surface area contributed by atoms with Crippen LogP contribution >= 0.6 is 11.8 Å². The van der Waals surface area contributed by atoms with Crippen molar-refractivity contribution in [2.75, 3.05) is 27.9 Å². The first-order valence-electron chi connectivity index (χ1n) is 6.68. The molecule has 0 unspecified atom stereocenters. The van der Waals surface area contributed by atoms with Gasteiger partial charge in [-0.2, -0.15) is 0 Å². The number of carbonyl (C=O) groups excluding carboxylic acids is 2. The molecule has 9 heteroatoms. The van der Waals surface area contributed by atoms with E-state index in [2.05, 4.69) is 0 Å². The van der Waals surface area contributed by atoms with Gasteiger partial charge >= 0.3 is 5.97 Å². The number of benzene rings is 1. The molecule has 1 fully saturated rings. The minimum absolute atomic E-state index is 0.121. The molecular formula is C15H15NO7S. The van der Waals surface area contributed by atoms with Crippen molar-refractivity contribution in [1.82, 2.24) is 4.90 Å². The van der Waals surface area contributed by atoms with Gasteiger partial charge in [0.1, 0.15) is 6.54 Å². The van der Waals surface area contributed by atoms with Gasteiger partial charge in [0.2, 0.25) is 5.75 Å². The molecular weight excluding hydrogens is 338 g/mol. The highest BCUT2D eigenvalue weighted by Crippen LogP contribution is 2.40. The number of imide groups is 1. The van der Waals surface area contributed by atoms with Crippen molar-refractivity contribution in [3.05, 3.63) is 22.6 Å². The third-order valence-electron chi connectivity index (χ3n) is 3.15. The van der Waals surface area contributed by atoms with Gasteiger partial charge < -0.3 is 19.3 Å². The zero-order valence-corrected chi connectivity index (χ0v) is 14.0. The van der Waals surface area contributed by atoms with Gasteiger partial charge in [0.05, 0.1) is 26.2 Å². The average molecular weight is 353 g/mol. The molecule has 1 heterocycles. The number of nitrogens with zero attached hydrogens (tertiary/aromatic N) is 1. The molecule has 1 aromatic carbocycles. The van der Waals surface area contributed by atoms with Crippen molar-refractivity contribution < 1.29 is 33.7 Å². The van der Waals surface area contributed by atoms with Crippen LogP contribution in [0.5, 0.6) is 17.2 Å². The number of carboxylic acids is 1. The van der Waals surface area contributed by atoms with Crippen molar-refractivity contribution in [3.63, 3.8) is 0 Å². The standard InChI is InChI=1S/C15H15NO7S/c1-21-9-4-8(5-10(22-2)13(9)23-3)6-11-14(19)16(7-12(17)18)15(20)24-11/h4-6H,7H2,1-3H3,(H,17,18). The van der Waals surface area contributed by atoms with Gasteiger partial charge in [-0.3, -0.25) is 19.3 Å². The Hall–Kier alpha value is -2.68. The summed E-state index contributed by atoms with van der Waals surface area (Å²) in [4.78, 5) is 35.4. The molecule has 128 valence electrons. The van der Waals surface area contributed by atoms with Crippen LogP contribution in [-0.4, -0.2) is 55.0 Å². The lowest BCUT2D eigenvalue weighted by atomic mass is 10.1. The summed E-state index contributed by atoms with van der Waals surface area (Å²) in [6.07, 6.45) is 1.47. The normalized spacial score (nSPS) is 15.8. The number of hydrogen-bond acceptors (Lipinski definition) is 7. The van der Waals surface area contributed by atoms with Gasteiger partial charge in [0.25, 0.3) is 11.1 Å². The van der Waals surface area contributed by atoms with Crippen LogP contribution in [-0.2, 0) is 9.59 Å². The quantitative estimate of drug-likeness (QED) is 0.773. The first-order chi connectivity index (χ1) is 11.4. The van der Waals surface area contributed by atoms with E-state index < -0.39 is 23.7 Å². The second-order valence-corrected chi connectivity index (χ2v) is 5.61. The molecule has 1 N–H and O–H groups in total. The summed E-state index contributed by atoms with van der Waals surface area (Å²) >= 11 is 0.678. The molecule has 2 rings (SSSR count). The number of methoxy groups -OCH3 is 3. The van der Waals surface area contributed by atoms with Crippen LogP contribution in [0.2, 0.25) is 0 Å². The predicted octanol–water partition coefficient (Wildman–Crippen LogP) is 1.83. The SMILES string of the molecule is COc1cc(C=C2SC(=O)N(CC(=O)O)C2=O)cc(OC)c1OC. The molecule has 0 aliphatic carbocycles. The highest BCUT2D eigenvalue weighted by molar-refractivity contribution is 8.18. The summed E-state index contributed by atoms with van der Waals surface area (Å²) in [6, 6.07) is 3.24. The number of carboxylic acid groups (broad SMARTS) is 1. The fourth-order valence-corrected chi connectivity index (χ4v) is 2.95. The number of carbonyl (C=O) groups is 3. The van der Waals surface area contributed by atoms with Crippen LogP contribution < -0.4 is 14.2 Å². The molecule has 1 aliphatic heterocycles. The number of thioether (sulfide) groups is 1. The lowest BCUT2D eigenvalue weighted by Crippen LogP contribution is -2.33. The first-order valence-corrected chi connectivity index (χ1v) is 7.50. The van der Waals surface area contributed by atoms with Crippen LogP contribution in [0, 0.1) is 0 Å². The van der Waals surface area contributed by atoms with E-state index in [0.717, 1.165) is 0 Å². The van der Waals surface area contributed by atoms with Gasteiger partial charge in [0.15, 0.2) is 11.5 Å². The zero-order valence-electron chi connectivity index (χ0n) is 13.2. The Morgan fingerprint density at radius 3 is 2.21 bits per heavy atom. The van der Waals surface area contributed by atoms with E-state index >= 15 is 0 Å². The molecule has 0 saturated carbocycles. The molecule has 0 atom stereocenters. The fraction of sp³-hybridized carbons (Fsp3) is 0.267. The van der Waals surface area contributed by atoms with Crippen LogP contribution in [0.3, 0.4) is 0 Å². The Bertz CT molecular complexity index is 704. The average Bonchev–Trinajstić information content (AvgIpc) is 2.80. The third kappa shape index (κ3) is 3.46. The molecule has 1 saturated heterocycles. The first kappa shape index (κ1) is 17.7. The maximum Gasteiger partial charge on any atom is 0.323 e. The minimum Gasteiger partial charge on any atom is -0.493 e. The van der Waals surface area contributed by atoms with Crippen molar-refractivity contribution in [3.8, 4) is 17.2 Å². The van der Waals surface area contributed by atoms with Crippen molar-refractivity contribution in [1.29, 1.82) is 0 Å². The number of hydrogen-bond donors (Lipinski definition) is 1. The molecule has 0 bridgehead atoms. The lowest BCUT2D eigenvalue weighted by molar-refractivity contribution is -0.140. The van der Waals surface area contributed by atoms with Crippen molar-refractivity contribution >= 4 is 35.0 Å². The zero-order chi connectivity index (χ0) is 17.9.